The van der Waals surface area contributed by atoms with Crippen LogP contribution in [-0.4, -0.2) is 43.2 Å². The zero-order chi connectivity index (χ0) is 18.8. The molecule has 0 bridgehead atoms. The zero-order valence-electron chi connectivity index (χ0n) is 15.2. The number of nitrogens with one attached hydrogen (secondary N) is 1. The van der Waals surface area contributed by atoms with Crippen LogP contribution in [0.15, 0.2) is 24.2 Å². The van der Waals surface area contributed by atoms with E-state index in [0.717, 1.165) is 30.0 Å². The fourth-order valence-corrected chi connectivity index (χ4v) is 4.37. The highest BCUT2D eigenvalue weighted by atomic mass is 32.1. The van der Waals surface area contributed by atoms with E-state index >= 15 is 0 Å². The summed E-state index contributed by atoms with van der Waals surface area (Å²) in [6.45, 7) is 6.83. The Morgan fingerprint density at radius 3 is 3.00 bits per heavy atom. The molecule has 0 radical (unpaired) electrons. The van der Waals surface area contributed by atoms with E-state index in [2.05, 4.69) is 26.3 Å². The van der Waals surface area contributed by atoms with Gasteiger partial charge in [-0.15, -0.1) is 17.9 Å². The Morgan fingerprint density at radius 1 is 1.44 bits per heavy atom. The smallest absolute Gasteiger partial charge is 0.230 e. The Balaban J connectivity index is 1.43. The largest absolute Gasteiger partial charge is 0.302 e. The van der Waals surface area contributed by atoms with E-state index in [1.165, 1.54) is 24.2 Å². The molecule has 1 amide bonds. The lowest BCUT2D eigenvalue weighted by Crippen LogP contribution is -2.41. The number of hydrogen-bond donors (Lipinski definition) is 1. The van der Waals surface area contributed by atoms with Crippen LogP contribution in [0.1, 0.15) is 37.4 Å². The molecule has 1 saturated carbocycles. The number of likely N-dealkylation sites (tertiary alicyclic amines) is 1. The molecule has 0 spiro atoms. The van der Waals surface area contributed by atoms with Gasteiger partial charge in [-0.05, 0) is 44.4 Å². The van der Waals surface area contributed by atoms with Crippen LogP contribution in [-0.2, 0) is 18.0 Å². The summed E-state index contributed by atoms with van der Waals surface area (Å²) < 4.78 is 4.75. The van der Waals surface area contributed by atoms with Gasteiger partial charge in [0.05, 0.1) is 12.6 Å². The molecular weight excluding hydrogens is 380 g/mol. The molecule has 0 aromatic carbocycles. The van der Waals surface area contributed by atoms with Gasteiger partial charge in [-0.1, -0.05) is 6.08 Å². The van der Waals surface area contributed by atoms with Gasteiger partial charge in [0.25, 0.3) is 0 Å². The molecule has 1 atom stereocenters. The molecule has 7 nitrogen and oxygen atoms in total. The molecule has 4 rings (SSSR count). The maximum atomic E-state index is 12.5. The monoisotopic (exact) mass is 404 g/mol. The van der Waals surface area contributed by atoms with E-state index in [4.69, 9.17) is 17.3 Å². The van der Waals surface area contributed by atoms with Crippen LogP contribution in [0.4, 0.5) is 5.13 Å². The molecular formula is C18H24N6OS2. The Hall–Kier alpha value is -1.84. The van der Waals surface area contributed by atoms with Crippen LogP contribution in [0.25, 0.3) is 0 Å². The number of aromatic nitrogens is 4. The number of allylic oxidation sites excluding steroid dienone is 1. The highest BCUT2D eigenvalue weighted by molar-refractivity contribution is 7.71. The van der Waals surface area contributed by atoms with Crippen LogP contribution in [0, 0.1) is 10.7 Å². The Kier molecular flexibility index (Phi) is 5.51. The van der Waals surface area contributed by atoms with Crippen LogP contribution in [0.5, 0.6) is 0 Å². The number of carbonyl (C=O) groups excluding carboxylic acids is 1. The van der Waals surface area contributed by atoms with Crippen molar-refractivity contribution in [3.63, 3.8) is 0 Å². The van der Waals surface area contributed by atoms with Crippen LogP contribution in [0.3, 0.4) is 0 Å². The average Bonchev–Trinajstić information content (AvgIpc) is 3.31. The van der Waals surface area contributed by atoms with Gasteiger partial charge in [0.2, 0.25) is 5.91 Å². The average molecular weight is 405 g/mol. The molecule has 2 aliphatic rings. The van der Waals surface area contributed by atoms with Crippen molar-refractivity contribution in [3.05, 3.63) is 34.8 Å². The van der Waals surface area contributed by atoms with E-state index in [1.54, 1.807) is 6.20 Å². The van der Waals surface area contributed by atoms with E-state index in [1.807, 2.05) is 16.1 Å². The first kappa shape index (κ1) is 18.5. The molecule has 1 aliphatic carbocycles. The van der Waals surface area contributed by atoms with Gasteiger partial charge in [-0.25, -0.2) is 9.67 Å². The molecule has 144 valence electrons. The second kappa shape index (κ2) is 8.04. The van der Waals surface area contributed by atoms with Crippen LogP contribution >= 0.6 is 23.6 Å². The lowest BCUT2D eigenvalue weighted by molar-refractivity contribution is -0.121. The SMILES string of the molecule is C=CCn1c(C2CC2)nn(CN2CCCC(C(=O)Nc3nccs3)C2)c1=S. The van der Waals surface area contributed by atoms with Gasteiger partial charge in [-0.3, -0.25) is 14.3 Å². The predicted molar refractivity (Wildman–Crippen MR) is 108 cm³/mol. The third kappa shape index (κ3) is 4.20. The predicted octanol–water partition coefficient (Wildman–Crippen LogP) is 3.24. The third-order valence-electron chi connectivity index (χ3n) is 5.08. The minimum atomic E-state index is -0.0324. The summed E-state index contributed by atoms with van der Waals surface area (Å²) in [4.78, 5) is 18.9. The molecule has 2 aromatic rings. The zero-order valence-corrected chi connectivity index (χ0v) is 16.8. The van der Waals surface area contributed by atoms with Crippen molar-refractivity contribution in [1.82, 2.24) is 24.2 Å². The lowest BCUT2D eigenvalue weighted by Gasteiger charge is -2.31. The third-order valence-corrected chi connectivity index (χ3v) is 6.20. The van der Waals surface area contributed by atoms with Crippen molar-refractivity contribution in [2.24, 2.45) is 5.92 Å². The van der Waals surface area contributed by atoms with Gasteiger partial charge in [0, 0.05) is 30.6 Å². The minimum absolute atomic E-state index is 0.0324. The molecule has 1 N–H and O–H groups in total. The number of rotatable bonds is 7. The molecule has 2 aromatic heterocycles. The number of thiazole rings is 1. The highest BCUT2D eigenvalue weighted by Crippen LogP contribution is 2.39. The molecule has 3 heterocycles. The molecule has 1 aliphatic heterocycles. The van der Waals surface area contributed by atoms with Crippen molar-refractivity contribution < 1.29 is 4.79 Å². The summed E-state index contributed by atoms with van der Waals surface area (Å²) in [6, 6.07) is 0. The van der Waals surface area contributed by atoms with Gasteiger partial charge in [0.1, 0.15) is 5.82 Å². The molecule has 1 unspecified atom stereocenters. The van der Waals surface area contributed by atoms with Gasteiger partial charge < -0.3 is 5.32 Å². The quantitative estimate of drug-likeness (QED) is 0.567. The Morgan fingerprint density at radius 2 is 2.30 bits per heavy atom. The van der Waals surface area contributed by atoms with Crippen molar-refractivity contribution in [1.29, 1.82) is 0 Å². The maximum Gasteiger partial charge on any atom is 0.230 e. The van der Waals surface area contributed by atoms with Gasteiger partial charge in [-0.2, -0.15) is 5.10 Å². The maximum absolute atomic E-state index is 12.5. The van der Waals surface area contributed by atoms with Crippen molar-refractivity contribution in [3.8, 4) is 0 Å². The number of carbonyl (C=O) groups is 1. The van der Waals surface area contributed by atoms with Crippen LogP contribution in [0.2, 0.25) is 0 Å². The van der Waals surface area contributed by atoms with Gasteiger partial charge in [0.15, 0.2) is 9.90 Å². The first-order chi connectivity index (χ1) is 13.2. The fraction of sp³-hybridized carbons (Fsp3) is 0.556. The highest BCUT2D eigenvalue weighted by Gasteiger charge is 2.31. The van der Waals surface area contributed by atoms with E-state index in [0.29, 0.717) is 30.8 Å². The Labute approximate surface area is 167 Å². The van der Waals surface area contributed by atoms with E-state index < -0.39 is 0 Å². The van der Waals surface area contributed by atoms with E-state index in [9.17, 15) is 4.79 Å². The number of amides is 1. The van der Waals surface area contributed by atoms with Crippen molar-refractivity contribution >= 4 is 34.6 Å². The number of piperidine rings is 1. The number of nitrogens with zero attached hydrogens (tertiary/aromatic N) is 5. The summed E-state index contributed by atoms with van der Waals surface area (Å²) in [7, 11) is 0. The summed E-state index contributed by atoms with van der Waals surface area (Å²) >= 11 is 7.10. The molecule has 2 fully saturated rings. The lowest BCUT2D eigenvalue weighted by atomic mass is 9.97. The molecule has 27 heavy (non-hydrogen) atoms. The summed E-state index contributed by atoms with van der Waals surface area (Å²) in [5, 5.41) is 10.2. The summed E-state index contributed by atoms with van der Waals surface area (Å²) in [5.74, 6) is 1.63. The summed E-state index contributed by atoms with van der Waals surface area (Å²) in [6.07, 6.45) is 7.83. The standard InChI is InChI=1S/C18H24N6OS2/c1-2-8-23-15(13-5-6-13)21-24(18(23)26)12-22-9-3-4-14(11-22)16(25)20-17-19-7-10-27-17/h2,7,10,13-14H,1,3-6,8-9,11-12H2,(H,19,20,25). The number of anilines is 1. The summed E-state index contributed by atoms with van der Waals surface area (Å²) in [5.41, 5.74) is 0. The number of hydrogen-bond acceptors (Lipinski definition) is 6. The normalized spacial score (nSPS) is 20.5. The van der Waals surface area contributed by atoms with Crippen molar-refractivity contribution in [2.45, 2.75) is 44.8 Å². The second-order valence-corrected chi connectivity index (χ2v) is 8.46. The van der Waals surface area contributed by atoms with Crippen LogP contribution < -0.4 is 5.32 Å². The first-order valence-electron chi connectivity index (χ1n) is 9.37. The topological polar surface area (TPSA) is 68.0 Å². The first-order valence-corrected chi connectivity index (χ1v) is 10.7. The second-order valence-electron chi connectivity index (χ2n) is 7.20. The molecule has 1 saturated heterocycles. The van der Waals surface area contributed by atoms with Gasteiger partial charge >= 0.3 is 0 Å². The van der Waals surface area contributed by atoms with Crippen molar-refractivity contribution in [2.75, 3.05) is 18.4 Å². The molecule has 9 heteroatoms. The van der Waals surface area contributed by atoms with E-state index in [-0.39, 0.29) is 11.8 Å². The Bertz CT molecular complexity index is 867. The minimum Gasteiger partial charge on any atom is -0.302 e. The fourth-order valence-electron chi connectivity index (χ4n) is 3.57.